The van der Waals surface area contributed by atoms with Crippen molar-refractivity contribution >= 4 is 0 Å². The summed E-state index contributed by atoms with van der Waals surface area (Å²) in [6.45, 7) is 11.5. The zero-order valence-corrected chi connectivity index (χ0v) is 29.9. The van der Waals surface area contributed by atoms with Gasteiger partial charge in [0, 0.05) is 73.4 Å². The average molecular weight is 651 g/mol. The molecular weight excluding hydrogens is 607 g/mol. The highest BCUT2D eigenvalue weighted by Gasteiger charge is 2.59. The summed E-state index contributed by atoms with van der Waals surface area (Å²) < 4.78 is 7.54. The van der Waals surface area contributed by atoms with E-state index in [1.54, 1.807) is 0 Å². The van der Waals surface area contributed by atoms with Crippen molar-refractivity contribution in [3.05, 3.63) is 185 Å². The number of fused-ring (bicyclic) bond motifs is 3. The summed E-state index contributed by atoms with van der Waals surface area (Å²) in [6.07, 6.45) is 2.30. The Hall–Kier alpha value is -5.67. The van der Waals surface area contributed by atoms with E-state index in [0.29, 0.717) is 0 Å². The van der Waals surface area contributed by atoms with Gasteiger partial charge in [-0.05, 0) is 60.9 Å². The molecule has 3 heteroatoms. The van der Waals surface area contributed by atoms with Gasteiger partial charge in [0.2, 0.25) is 17.1 Å². The molecule has 50 heavy (non-hydrogen) atoms. The summed E-state index contributed by atoms with van der Waals surface area (Å²) >= 11 is 0. The molecule has 3 nitrogen and oxygen atoms in total. The molecule has 0 saturated heterocycles. The lowest BCUT2D eigenvalue weighted by Gasteiger charge is -2.32. The van der Waals surface area contributed by atoms with Gasteiger partial charge in [-0.3, -0.25) is 0 Å². The van der Waals surface area contributed by atoms with Crippen LogP contribution in [0.15, 0.2) is 152 Å². The first-order valence-electron chi connectivity index (χ1n) is 17.6. The Morgan fingerprint density at radius 2 is 1.12 bits per heavy atom. The van der Waals surface area contributed by atoms with Crippen LogP contribution in [0.1, 0.15) is 46.6 Å². The van der Waals surface area contributed by atoms with Gasteiger partial charge < -0.3 is 0 Å². The third-order valence-corrected chi connectivity index (χ3v) is 10.9. The molecule has 0 amide bonds. The van der Waals surface area contributed by atoms with E-state index in [2.05, 4.69) is 207 Å². The Labute approximate surface area is 296 Å². The molecule has 2 unspecified atom stereocenters. The van der Waals surface area contributed by atoms with Crippen LogP contribution >= 0.6 is 0 Å². The molecule has 7 aromatic rings. The van der Waals surface area contributed by atoms with Crippen molar-refractivity contribution in [2.75, 3.05) is 0 Å². The van der Waals surface area contributed by atoms with Crippen LogP contribution in [0.3, 0.4) is 0 Å². The second-order valence-corrected chi connectivity index (χ2v) is 14.0. The van der Waals surface area contributed by atoms with Crippen LogP contribution in [-0.2, 0) is 12.6 Å². The maximum Gasteiger partial charge on any atom is 0.257 e. The third-order valence-electron chi connectivity index (χ3n) is 10.9. The van der Waals surface area contributed by atoms with Crippen molar-refractivity contribution in [2.45, 2.75) is 46.2 Å². The van der Waals surface area contributed by atoms with Crippen molar-refractivity contribution < 1.29 is 13.7 Å². The minimum absolute atomic E-state index is 0.0279. The summed E-state index contributed by atoms with van der Waals surface area (Å²) in [7, 11) is 2.19. The SMILES string of the molecule is Cc1cc(-c2ccccc2C(C)(C2c3ccccc3-c3cccc(C)[n+]32)[n+]2c(C)cccc2-c2ccccc2C)[n+](C)cc1-c1ccccc1. The molecule has 0 radical (unpaired) electrons. The van der Waals surface area contributed by atoms with E-state index in [1.165, 1.54) is 78.5 Å². The first-order chi connectivity index (χ1) is 24.3. The molecular formula is C47H44N3+3. The van der Waals surface area contributed by atoms with Gasteiger partial charge in [-0.15, -0.1) is 0 Å². The summed E-state index contributed by atoms with van der Waals surface area (Å²) in [5, 5.41) is 0. The maximum atomic E-state index is 2.63. The van der Waals surface area contributed by atoms with E-state index in [1.807, 2.05) is 0 Å². The smallest absolute Gasteiger partial charge is 0.200 e. The summed E-state index contributed by atoms with van der Waals surface area (Å²) in [5.41, 5.74) is 16.9. The van der Waals surface area contributed by atoms with E-state index in [4.69, 9.17) is 0 Å². The average Bonchev–Trinajstić information content (AvgIpc) is 3.49. The number of hydrogen-bond acceptors (Lipinski definition) is 0. The van der Waals surface area contributed by atoms with Gasteiger partial charge in [-0.1, -0.05) is 84.9 Å². The normalized spacial score (nSPS) is 14.6. The molecule has 0 saturated carbocycles. The largest absolute Gasteiger partial charge is 0.257 e. The number of rotatable bonds is 6. The molecule has 0 aliphatic carbocycles. The Balaban J connectivity index is 1.48. The summed E-state index contributed by atoms with van der Waals surface area (Å²) in [6, 6.07) is 53.5. The van der Waals surface area contributed by atoms with Crippen LogP contribution in [0.5, 0.6) is 0 Å². The molecule has 0 spiro atoms. The van der Waals surface area contributed by atoms with Crippen molar-refractivity contribution in [1.82, 2.24) is 0 Å². The van der Waals surface area contributed by atoms with Gasteiger partial charge in [0.1, 0.15) is 7.05 Å². The summed E-state index contributed by atoms with van der Waals surface area (Å²) in [4.78, 5) is 0. The van der Waals surface area contributed by atoms with Crippen molar-refractivity contribution in [3.8, 4) is 44.9 Å². The van der Waals surface area contributed by atoms with E-state index < -0.39 is 5.54 Å². The minimum Gasteiger partial charge on any atom is -0.200 e. The Morgan fingerprint density at radius 1 is 0.500 bits per heavy atom. The van der Waals surface area contributed by atoms with Crippen molar-refractivity contribution in [2.24, 2.45) is 7.05 Å². The molecule has 3 aromatic heterocycles. The number of benzene rings is 4. The maximum absolute atomic E-state index is 2.63. The van der Waals surface area contributed by atoms with Crippen LogP contribution in [-0.4, -0.2) is 0 Å². The predicted octanol–water partition coefficient (Wildman–Crippen LogP) is 9.35. The Bertz CT molecular complexity index is 2410. The predicted molar refractivity (Wildman–Crippen MR) is 202 cm³/mol. The third kappa shape index (κ3) is 4.91. The lowest BCUT2D eigenvalue weighted by Crippen LogP contribution is -2.67. The fourth-order valence-electron chi connectivity index (χ4n) is 8.63. The zero-order valence-electron chi connectivity index (χ0n) is 29.9. The zero-order chi connectivity index (χ0) is 34.6. The van der Waals surface area contributed by atoms with Crippen molar-refractivity contribution in [1.29, 1.82) is 0 Å². The Morgan fingerprint density at radius 3 is 1.88 bits per heavy atom. The van der Waals surface area contributed by atoms with Gasteiger partial charge in [-0.2, -0.15) is 9.13 Å². The van der Waals surface area contributed by atoms with Crippen LogP contribution in [0.2, 0.25) is 0 Å². The molecule has 0 fully saturated rings. The molecule has 1 aliphatic rings. The van der Waals surface area contributed by atoms with Crippen molar-refractivity contribution in [3.63, 3.8) is 0 Å². The number of aryl methyl sites for hydroxylation is 5. The van der Waals surface area contributed by atoms with E-state index in [9.17, 15) is 0 Å². The molecule has 0 N–H and O–H groups in total. The van der Waals surface area contributed by atoms with Crippen LogP contribution in [0, 0.1) is 27.7 Å². The van der Waals surface area contributed by atoms with Gasteiger partial charge in [0.25, 0.3) is 11.6 Å². The quantitative estimate of drug-likeness (QED) is 0.159. The lowest BCUT2D eigenvalue weighted by molar-refractivity contribution is -0.824. The number of nitrogens with zero attached hydrogens (tertiary/aromatic N) is 3. The van der Waals surface area contributed by atoms with Gasteiger partial charge in [0.15, 0.2) is 17.6 Å². The Kier molecular flexibility index (Phi) is 7.79. The molecule has 4 aromatic carbocycles. The fourth-order valence-corrected chi connectivity index (χ4v) is 8.63. The summed E-state index contributed by atoms with van der Waals surface area (Å²) in [5.74, 6) is 0. The van der Waals surface area contributed by atoms with Crippen LogP contribution < -0.4 is 13.7 Å². The van der Waals surface area contributed by atoms with Gasteiger partial charge in [0.05, 0.1) is 11.1 Å². The highest BCUT2D eigenvalue weighted by molar-refractivity contribution is 5.71. The second-order valence-electron chi connectivity index (χ2n) is 14.0. The second kappa shape index (κ2) is 12.3. The topological polar surface area (TPSA) is 11.6 Å². The number of aromatic nitrogens is 3. The first kappa shape index (κ1) is 31.6. The number of pyridine rings is 3. The standard InChI is InChI=1S/C47H44N3/c1-32-18-10-11-23-37(32)44-29-17-20-35(4)50(44)47(5,46-39-25-13-12-24-38(39)43-28-16-19-34(3)49(43)46)42-27-15-14-26-40(42)45-30-33(2)41(31-48(45)6)36-21-8-7-9-22-36/h7-31,46H,1-6H3/q+3. The highest BCUT2D eigenvalue weighted by atomic mass is 15.2. The molecule has 244 valence electrons. The molecule has 4 heterocycles. The molecule has 8 rings (SSSR count). The van der Waals surface area contributed by atoms with Crippen LogP contribution in [0.4, 0.5) is 0 Å². The minimum atomic E-state index is -0.573. The molecule has 0 bridgehead atoms. The lowest BCUT2D eigenvalue weighted by atomic mass is 9.76. The fraction of sp³-hybridized carbons (Fsp3) is 0.170. The highest BCUT2D eigenvalue weighted by Crippen LogP contribution is 2.47. The monoisotopic (exact) mass is 650 g/mol. The molecule has 1 aliphatic heterocycles. The number of hydrogen-bond donors (Lipinski definition) is 0. The van der Waals surface area contributed by atoms with E-state index >= 15 is 0 Å². The van der Waals surface area contributed by atoms with Crippen LogP contribution in [0.25, 0.3) is 44.9 Å². The first-order valence-corrected chi connectivity index (χ1v) is 17.6. The molecule has 2 atom stereocenters. The van der Waals surface area contributed by atoms with E-state index in [0.717, 1.165) is 0 Å². The van der Waals surface area contributed by atoms with Gasteiger partial charge >= 0.3 is 0 Å². The van der Waals surface area contributed by atoms with E-state index in [-0.39, 0.29) is 6.04 Å². The van der Waals surface area contributed by atoms with Gasteiger partial charge in [-0.25, -0.2) is 4.57 Å².